The Balaban J connectivity index is 1.90. The molecule has 174 valence electrons. The number of nitrogens with one attached hydrogen (secondary N) is 1. The number of ether oxygens (including phenoxy) is 2. The predicted molar refractivity (Wildman–Crippen MR) is 108 cm³/mol. The number of anilines is 1. The maximum atomic E-state index is 12.6. The molecule has 0 spiro atoms. The molecule has 1 aromatic heterocycles. The van der Waals surface area contributed by atoms with E-state index in [1.807, 2.05) is 0 Å². The van der Waals surface area contributed by atoms with E-state index in [1.165, 1.54) is 42.7 Å². The van der Waals surface area contributed by atoms with Crippen molar-refractivity contribution in [2.75, 3.05) is 11.6 Å². The number of fused-ring (bicyclic) bond motifs is 1. The van der Waals surface area contributed by atoms with E-state index in [-0.39, 0.29) is 22.8 Å². The molecule has 3 rings (SSSR count). The van der Waals surface area contributed by atoms with E-state index in [0.29, 0.717) is 11.0 Å². The van der Waals surface area contributed by atoms with Crippen molar-refractivity contribution in [3.8, 4) is 5.75 Å². The van der Waals surface area contributed by atoms with Crippen LogP contribution in [0.25, 0.3) is 11.0 Å². The Morgan fingerprint density at radius 3 is 2.58 bits per heavy atom. The Hall–Kier alpha value is -3.86. The third-order valence-electron chi connectivity index (χ3n) is 4.41. The number of hydrogen-bond acceptors (Lipinski definition) is 8. The number of benzene rings is 2. The number of carbonyl (C=O) groups excluding carboxylic acids is 2. The van der Waals surface area contributed by atoms with Gasteiger partial charge in [-0.15, -0.1) is 0 Å². The van der Waals surface area contributed by atoms with Crippen molar-refractivity contribution in [1.82, 2.24) is 5.48 Å². The molecule has 0 aliphatic carbocycles. The number of para-hydroxylation sites is 1. The molecule has 0 radical (unpaired) electrons. The quantitative estimate of drug-likeness (QED) is 0.161. The van der Waals surface area contributed by atoms with Crippen LogP contribution in [0.2, 0.25) is 0 Å². The van der Waals surface area contributed by atoms with Gasteiger partial charge in [-0.1, -0.05) is 23.3 Å². The van der Waals surface area contributed by atoms with Gasteiger partial charge in [0.2, 0.25) is 5.88 Å². The summed E-state index contributed by atoms with van der Waals surface area (Å²) in [5.41, 5.74) is 2.25. The summed E-state index contributed by atoms with van der Waals surface area (Å²) in [5.74, 6) is -0.493. The van der Waals surface area contributed by atoms with Crippen molar-refractivity contribution in [3.05, 3.63) is 59.7 Å². The molecular weight excluding hydrogens is 447 g/mol. The molecule has 3 aromatic rings. The molecule has 0 aliphatic heterocycles. The molecule has 0 saturated heterocycles. The average Bonchev–Trinajstić information content (AvgIpc) is 3.14. The van der Waals surface area contributed by atoms with Crippen LogP contribution in [0, 0.1) is 0 Å². The number of amides is 1. The van der Waals surface area contributed by atoms with E-state index in [0.717, 1.165) is 5.01 Å². The zero-order valence-electron chi connectivity index (χ0n) is 17.1. The number of halogens is 3. The Labute approximate surface area is 184 Å². The Morgan fingerprint density at radius 2 is 1.94 bits per heavy atom. The second kappa shape index (κ2) is 10.2. The number of hydrazone groups is 1. The largest absolute Gasteiger partial charge is 0.469 e. The van der Waals surface area contributed by atoms with Crippen LogP contribution in [-0.2, 0) is 16.1 Å². The first-order valence-corrected chi connectivity index (χ1v) is 9.46. The fourth-order valence-corrected chi connectivity index (χ4v) is 3.01. The number of rotatable bonds is 9. The molecule has 1 heterocycles. The first-order valence-electron chi connectivity index (χ1n) is 9.46. The van der Waals surface area contributed by atoms with Gasteiger partial charge < -0.3 is 13.9 Å². The number of furan rings is 1. The Bertz CT molecular complexity index is 1160. The summed E-state index contributed by atoms with van der Waals surface area (Å²) in [4.78, 5) is 22.5. The van der Waals surface area contributed by atoms with Gasteiger partial charge in [-0.25, -0.2) is 10.3 Å². The monoisotopic (exact) mass is 465 g/mol. The van der Waals surface area contributed by atoms with Crippen LogP contribution in [-0.4, -0.2) is 36.2 Å². The molecule has 0 saturated carbocycles. The summed E-state index contributed by atoms with van der Waals surface area (Å²) in [7, 11) is 0. The predicted octanol–water partition coefficient (Wildman–Crippen LogP) is 4.11. The highest BCUT2D eigenvalue weighted by molar-refractivity contribution is 5.93. The average molecular weight is 465 g/mol. The van der Waals surface area contributed by atoms with Gasteiger partial charge in [0, 0.05) is 10.9 Å². The van der Waals surface area contributed by atoms with Gasteiger partial charge in [0.15, 0.2) is 6.23 Å². The molecule has 0 fully saturated rings. The summed E-state index contributed by atoms with van der Waals surface area (Å²) >= 11 is 0. The molecule has 33 heavy (non-hydrogen) atoms. The van der Waals surface area contributed by atoms with Crippen molar-refractivity contribution < 1.29 is 41.9 Å². The maximum Gasteiger partial charge on any atom is 0.411 e. The van der Waals surface area contributed by atoms with Crippen molar-refractivity contribution in [2.24, 2.45) is 5.10 Å². The van der Waals surface area contributed by atoms with Crippen LogP contribution in [0.15, 0.2) is 58.0 Å². The van der Waals surface area contributed by atoms with E-state index in [1.54, 1.807) is 24.3 Å². The van der Waals surface area contributed by atoms with Gasteiger partial charge in [-0.3, -0.25) is 10.0 Å². The molecule has 0 aliphatic rings. The molecule has 1 amide bonds. The standard InChI is InChI=1S/C21H18F3N3O6/c1-13(32-15-8-6-14(7-9-15)19(29)26-30)27(25-12-28)20-17(10-31-11-21(22,23)24)16-4-2-3-5-18(16)33-20/h2-9,13,30H,10-11H2,1H3,(H,26,29). The van der Waals surface area contributed by atoms with Gasteiger partial charge >= 0.3 is 6.18 Å². The summed E-state index contributed by atoms with van der Waals surface area (Å²) < 4.78 is 54.0. The van der Waals surface area contributed by atoms with E-state index < -0.39 is 31.5 Å². The Kier molecular flexibility index (Phi) is 7.34. The molecule has 9 nitrogen and oxygen atoms in total. The minimum absolute atomic E-state index is 0.0505. The fourth-order valence-electron chi connectivity index (χ4n) is 3.01. The van der Waals surface area contributed by atoms with Crippen molar-refractivity contribution in [2.45, 2.75) is 25.9 Å². The first kappa shape index (κ1) is 23.8. The second-order valence-corrected chi connectivity index (χ2v) is 6.71. The summed E-state index contributed by atoms with van der Waals surface area (Å²) in [5, 5.41) is 13.8. The molecule has 2 N–H and O–H groups in total. The topological polar surface area (TPSA) is 114 Å². The zero-order chi connectivity index (χ0) is 24.0. The highest BCUT2D eigenvalue weighted by Crippen LogP contribution is 2.35. The number of nitrogens with zero attached hydrogens (tertiary/aromatic N) is 2. The van der Waals surface area contributed by atoms with Crippen molar-refractivity contribution in [1.29, 1.82) is 0 Å². The SMILES string of the molecule is CC(Oc1ccc(C(=O)NO)cc1)N(N=C=O)c1oc2ccccc2c1COCC(F)(F)F. The normalized spacial score (nSPS) is 12.2. The van der Waals surface area contributed by atoms with Crippen molar-refractivity contribution in [3.63, 3.8) is 0 Å². The van der Waals surface area contributed by atoms with Gasteiger partial charge in [0.1, 0.15) is 17.9 Å². The van der Waals surface area contributed by atoms with E-state index in [9.17, 15) is 22.8 Å². The number of alkyl halides is 3. The zero-order valence-corrected chi connectivity index (χ0v) is 17.1. The minimum atomic E-state index is -4.52. The molecule has 1 atom stereocenters. The van der Waals surface area contributed by atoms with Gasteiger partial charge in [0.25, 0.3) is 12.0 Å². The summed E-state index contributed by atoms with van der Waals surface area (Å²) in [6.07, 6.45) is -4.12. The molecule has 1 unspecified atom stereocenters. The lowest BCUT2D eigenvalue weighted by molar-refractivity contribution is -0.176. The Morgan fingerprint density at radius 1 is 1.24 bits per heavy atom. The van der Waals surface area contributed by atoms with E-state index in [4.69, 9.17) is 19.1 Å². The molecule has 12 heteroatoms. The maximum absolute atomic E-state index is 12.6. The lowest BCUT2D eigenvalue weighted by Crippen LogP contribution is -2.33. The van der Waals surface area contributed by atoms with Crippen LogP contribution in [0.4, 0.5) is 19.1 Å². The third kappa shape index (κ3) is 5.89. The lowest BCUT2D eigenvalue weighted by atomic mass is 10.1. The van der Waals surface area contributed by atoms with Crippen LogP contribution in [0.3, 0.4) is 0 Å². The van der Waals surface area contributed by atoms with E-state index in [2.05, 4.69) is 5.10 Å². The molecular formula is C21H18F3N3O6. The highest BCUT2D eigenvalue weighted by atomic mass is 19.4. The summed E-state index contributed by atoms with van der Waals surface area (Å²) in [6, 6.07) is 12.2. The van der Waals surface area contributed by atoms with Gasteiger partial charge in [-0.2, -0.15) is 18.2 Å². The van der Waals surface area contributed by atoms with Gasteiger partial charge in [0.05, 0.1) is 12.2 Å². The number of hydrogen-bond donors (Lipinski definition) is 2. The second-order valence-electron chi connectivity index (χ2n) is 6.71. The lowest BCUT2D eigenvalue weighted by Gasteiger charge is -2.24. The molecule has 0 bridgehead atoms. The minimum Gasteiger partial charge on any atom is -0.469 e. The van der Waals surface area contributed by atoms with Crippen LogP contribution >= 0.6 is 0 Å². The number of carbonyl (C=O) groups is 1. The first-order chi connectivity index (χ1) is 15.7. The third-order valence-corrected chi connectivity index (χ3v) is 4.41. The molecule has 2 aromatic carbocycles. The number of hydroxylamine groups is 1. The fraction of sp³-hybridized carbons (Fsp3) is 0.238. The van der Waals surface area contributed by atoms with Gasteiger partial charge in [-0.05, 0) is 37.3 Å². The highest BCUT2D eigenvalue weighted by Gasteiger charge is 2.30. The van der Waals surface area contributed by atoms with E-state index >= 15 is 0 Å². The summed E-state index contributed by atoms with van der Waals surface area (Å²) in [6.45, 7) is -0.417. The van der Waals surface area contributed by atoms with Crippen LogP contribution in [0.1, 0.15) is 22.8 Å². The van der Waals surface area contributed by atoms with Crippen LogP contribution in [0.5, 0.6) is 5.75 Å². The number of isocyanates is 1. The smallest absolute Gasteiger partial charge is 0.411 e. The van der Waals surface area contributed by atoms with Crippen molar-refractivity contribution >= 4 is 28.8 Å². The van der Waals surface area contributed by atoms with Crippen LogP contribution < -0.4 is 15.2 Å².